The Morgan fingerprint density at radius 2 is 1.60 bits per heavy atom. The first-order valence-corrected chi connectivity index (χ1v) is 8.86. The second-order valence-corrected chi connectivity index (χ2v) is 6.54. The number of ether oxygens (including phenoxy) is 1. The highest BCUT2D eigenvalue weighted by Crippen LogP contribution is 2.14. The number of benzene rings is 1. The molecule has 2 amide bonds. The molecule has 0 spiro atoms. The van der Waals surface area contributed by atoms with Crippen molar-refractivity contribution in [3.05, 3.63) is 58.3 Å². The second-order valence-electron chi connectivity index (χ2n) is 5.59. The lowest BCUT2D eigenvalue weighted by Crippen LogP contribution is -2.51. The van der Waals surface area contributed by atoms with Crippen molar-refractivity contribution in [2.75, 3.05) is 32.8 Å². The van der Waals surface area contributed by atoms with E-state index in [9.17, 15) is 14.4 Å². The molecular weight excluding hydrogens is 340 g/mol. The van der Waals surface area contributed by atoms with Gasteiger partial charge in [-0.15, -0.1) is 11.3 Å². The first-order chi connectivity index (χ1) is 12.1. The molecule has 7 heteroatoms. The predicted molar refractivity (Wildman–Crippen MR) is 93.5 cm³/mol. The largest absolute Gasteiger partial charge is 0.452 e. The van der Waals surface area contributed by atoms with Crippen LogP contribution < -0.4 is 0 Å². The van der Waals surface area contributed by atoms with Crippen LogP contribution in [0.25, 0.3) is 0 Å². The molecule has 130 valence electrons. The van der Waals surface area contributed by atoms with Gasteiger partial charge in [-0.1, -0.05) is 24.3 Å². The van der Waals surface area contributed by atoms with Crippen molar-refractivity contribution in [1.82, 2.24) is 9.80 Å². The first kappa shape index (κ1) is 17.2. The van der Waals surface area contributed by atoms with Crippen LogP contribution in [0.5, 0.6) is 0 Å². The molecule has 0 bridgehead atoms. The van der Waals surface area contributed by atoms with Crippen molar-refractivity contribution in [3.8, 4) is 0 Å². The Labute approximate surface area is 149 Å². The number of amides is 2. The molecule has 1 saturated heterocycles. The Balaban J connectivity index is 1.45. The molecule has 0 radical (unpaired) electrons. The number of esters is 1. The molecule has 2 aromatic rings. The molecule has 2 heterocycles. The highest BCUT2D eigenvalue weighted by Gasteiger charge is 2.25. The predicted octanol–water partition coefficient (Wildman–Crippen LogP) is 1.89. The fourth-order valence-corrected chi connectivity index (χ4v) is 3.28. The minimum Gasteiger partial charge on any atom is -0.452 e. The molecule has 3 rings (SSSR count). The highest BCUT2D eigenvalue weighted by atomic mass is 32.1. The maximum atomic E-state index is 12.3. The number of nitrogens with zero attached hydrogens (tertiary/aromatic N) is 2. The van der Waals surface area contributed by atoms with E-state index in [4.69, 9.17) is 4.74 Å². The lowest BCUT2D eigenvalue weighted by molar-refractivity contribution is -0.136. The quantitative estimate of drug-likeness (QED) is 0.783. The average molecular weight is 358 g/mol. The molecule has 0 atom stereocenters. The lowest BCUT2D eigenvalue weighted by atomic mass is 10.2. The van der Waals surface area contributed by atoms with E-state index in [1.807, 2.05) is 11.4 Å². The van der Waals surface area contributed by atoms with Gasteiger partial charge in [-0.05, 0) is 23.6 Å². The van der Waals surface area contributed by atoms with Gasteiger partial charge in [0.05, 0.1) is 10.4 Å². The van der Waals surface area contributed by atoms with E-state index in [0.717, 1.165) is 0 Å². The molecule has 25 heavy (non-hydrogen) atoms. The van der Waals surface area contributed by atoms with Gasteiger partial charge in [0, 0.05) is 26.2 Å². The van der Waals surface area contributed by atoms with Crippen molar-refractivity contribution in [2.24, 2.45) is 0 Å². The van der Waals surface area contributed by atoms with Crippen LogP contribution in [0.15, 0.2) is 47.8 Å². The molecule has 1 fully saturated rings. The summed E-state index contributed by atoms with van der Waals surface area (Å²) in [6.07, 6.45) is 0. The maximum Gasteiger partial charge on any atom is 0.338 e. The van der Waals surface area contributed by atoms with Gasteiger partial charge in [0.15, 0.2) is 6.61 Å². The number of thiophene rings is 1. The van der Waals surface area contributed by atoms with Gasteiger partial charge in [0.2, 0.25) is 0 Å². The topological polar surface area (TPSA) is 66.9 Å². The Morgan fingerprint density at radius 3 is 2.24 bits per heavy atom. The summed E-state index contributed by atoms with van der Waals surface area (Å²) in [6.45, 7) is 1.56. The third-order valence-corrected chi connectivity index (χ3v) is 4.85. The van der Waals surface area contributed by atoms with Gasteiger partial charge in [-0.2, -0.15) is 0 Å². The van der Waals surface area contributed by atoms with Crippen LogP contribution in [-0.2, 0) is 9.53 Å². The van der Waals surface area contributed by atoms with Crippen LogP contribution in [0, 0.1) is 0 Å². The van der Waals surface area contributed by atoms with Crippen LogP contribution in [0.4, 0.5) is 0 Å². The summed E-state index contributed by atoms with van der Waals surface area (Å²) >= 11 is 1.41. The summed E-state index contributed by atoms with van der Waals surface area (Å²) in [5.74, 6) is -0.759. The Kier molecular flexibility index (Phi) is 5.45. The van der Waals surface area contributed by atoms with Crippen LogP contribution in [0.2, 0.25) is 0 Å². The van der Waals surface area contributed by atoms with Crippen LogP contribution in [0.3, 0.4) is 0 Å². The smallest absolute Gasteiger partial charge is 0.338 e. The normalized spacial score (nSPS) is 14.2. The zero-order chi connectivity index (χ0) is 17.6. The van der Waals surface area contributed by atoms with Crippen molar-refractivity contribution >= 4 is 29.1 Å². The molecule has 0 unspecified atom stereocenters. The van der Waals surface area contributed by atoms with Gasteiger partial charge in [-0.25, -0.2) is 4.79 Å². The van der Waals surface area contributed by atoms with Gasteiger partial charge < -0.3 is 14.5 Å². The fraction of sp³-hybridized carbons (Fsp3) is 0.278. The minimum atomic E-state index is -0.513. The Hall–Kier alpha value is -2.67. The van der Waals surface area contributed by atoms with E-state index in [1.165, 1.54) is 11.3 Å². The summed E-state index contributed by atoms with van der Waals surface area (Å²) in [6, 6.07) is 12.2. The van der Waals surface area contributed by atoms with Gasteiger partial charge >= 0.3 is 5.97 Å². The molecule has 1 aromatic carbocycles. The van der Waals surface area contributed by atoms with E-state index < -0.39 is 5.97 Å². The molecule has 1 aromatic heterocycles. The molecule has 6 nitrogen and oxygen atoms in total. The third-order valence-electron chi connectivity index (χ3n) is 3.99. The van der Waals surface area contributed by atoms with Gasteiger partial charge in [0.25, 0.3) is 11.8 Å². The number of hydrogen-bond acceptors (Lipinski definition) is 5. The SMILES string of the molecule is O=C(OCC(=O)N1CCN(C(=O)c2cccs2)CC1)c1ccccc1. The van der Waals surface area contributed by atoms with E-state index >= 15 is 0 Å². The summed E-state index contributed by atoms with van der Waals surface area (Å²) in [4.78, 5) is 40.4. The molecule has 0 N–H and O–H groups in total. The maximum absolute atomic E-state index is 12.3. The number of hydrogen-bond donors (Lipinski definition) is 0. The molecule has 0 saturated carbocycles. The van der Waals surface area contributed by atoms with Crippen LogP contribution in [0.1, 0.15) is 20.0 Å². The van der Waals surface area contributed by atoms with Crippen molar-refractivity contribution < 1.29 is 19.1 Å². The van der Waals surface area contributed by atoms with E-state index in [1.54, 1.807) is 46.2 Å². The lowest BCUT2D eigenvalue weighted by Gasteiger charge is -2.34. The summed E-state index contributed by atoms with van der Waals surface area (Å²) in [7, 11) is 0. The van der Waals surface area contributed by atoms with Crippen LogP contribution >= 0.6 is 11.3 Å². The zero-order valence-electron chi connectivity index (χ0n) is 13.6. The van der Waals surface area contributed by atoms with Gasteiger partial charge in [0.1, 0.15) is 0 Å². The number of piperazine rings is 1. The summed E-state index contributed by atoms with van der Waals surface area (Å²) in [5, 5.41) is 1.87. The number of carbonyl (C=O) groups is 3. The number of carbonyl (C=O) groups excluding carboxylic acids is 3. The van der Waals surface area contributed by atoms with E-state index in [-0.39, 0.29) is 18.4 Å². The molecule has 0 aliphatic carbocycles. The zero-order valence-corrected chi connectivity index (χ0v) is 14.4. The highest BCUT2D eigenvalue weighted by molar-refractivity contribution is 7.12. The van der Waals surface area contributed by atoms with E-state index in [0.29, 0.717) is 36.6 Å². The molecule has 1 aliphatic heterocycles. The fourth-order valence-electron chi connectivity index (χ4n) is 2.59. The monoisotopic (exact) mass is 358 g/mol. The Bertz CT molecular complexity index is 738. The third kappa shape index (κ3) is 4.24. The van der Waals surface area contributed by atoms with E-state index in [2.05, 4.69) is 0 Å². The van der Waals surface area contributed by atoms with Crippen molar-refractivity contribution in [3.63, 3.8) is 0 Å². The summed E-state index contributed by atoms with van der Waals surface area (Å²) in [5.41, 5.74) is 0.418. The van der Waals surface area contributed by atoms with Crippen LogP contribution in [-0.4, -0.2) is 60.4 Å². The average Bonchev–Trinajstić information content (AvgIpc) is 3.21. The Morgan fingerprint density at radius 1 is 0.920 bits per heavy atom. The second kappa shape index (κ2) is 7.94. The molecular formula is C18H18N2O4S. The minimum absolute atomic E-state index is 0.00222. The number of rotatable bonds is 4. The summed E-state index contributed by atoms with van der Waals surface area (Å²) < 4.78 is 5.07. The first-order valence-electron chi connectivity index (χ1n) is 7.98. The van der Waals surface area contributed by atoms with Gasteiger partial charge in [-0.3, -0.25) is 9.59 Å². The molecule has 1 aliphatic rings. The standard InChI is InChI=1S/C18H18N2O4S/c21-16(13-24-18(23)14-5-2-1-3-6-14)19-8-10-20(11-9-19)17(22)15-7-4-12-25-15/h1-7,12H,8-11,13H2. The van der Waals surface area contributed by atoms with Crippen molar-refractivity contribution in [1.29, 1.82) is 0 Å². The van der Waals surface area contributed by atoms with Crippen molar-refractivity contribution in [2.45, 2.75) is 0 Å².